The van der Waals surface area contributed by atoms with Crippen LogP contribution in [0.1, 0.15) is 25.1 Å². The molecule has 0 aliphatic carbocycles. The molecule has 1 aromatic rings. The maximum Gasteiger partial charge on any atom is 0.331 e. The molecule has 1 aliphatic rings. The van der Waals surface area contributed by atoms with Gasteiger partial charge in [-0.1, -0.05) is 0 Å². The molecule has 25 heavy (non-hydrogen) atoms. The van der Waals surface area contributed by atoms with Crippen molar-refractivity contribution in [1.29, 1.82) is 0 Å². The van der Waals surface area contributed by atoms with E-state index in [4.69, 9.17) is 19.9 Å². The number of rotatable bonds is 7. The van der Waals surface area contributed by atoms with Gasteiger partial charge in [-0.15, -0.1) is 0 Å². The van der Waals surface area contributed by atoms with E-state index >= 15 is 0 Å². The third-order valence-electron chi connectivity index (χ3n) is 3.48. The minimum Gasteiger partial charge on any atom is -0.467 e. The van der Waals surface area contributed by atoms with E-state index in [0.29, 0.717) is 5.56 Å². The highest BCUT2D eigenvalue weighted by Gasteiger charge is 2.41. The first-order valence-corrected chi connectivity index (χ1v) is 7.71. The molecule has 138 valence electrons. The van der Waals surface area contributed by atoms with Crippen LogP contribution in [-0.2, 0) is 19.0 Å². The number of aryl methyl sites for hydroxylation is 1. The molecule has 1 aliphatic heterocycles. The third-order valence-corrected chi connectivity index (χ3v) is 3.48. The minimum atomic E-state index is -1.01. The van der Waals surface area contributed by atoms with Crippen LogP contribution in [0.3, 0.4) is 0 Å². The summed E-state index contributed by atoms with van der Waals surface area (Å²) in [7, 11) is 0. The number of nitrogens with zero attached hydrogens (tertiary/aromatic N) is 1. The molecule has 0 saturated carbocycles. The van der Waals surface area contributed by atoms with E-state index in [2.05, 4.69) is 4.98 Å². The maximum absolute atomic E-state index is 12.2. The van der Waals surface area contributed by atoms with Gasteiger partial charge >= 0.3 is 11.7 Å². The molecule has 0 bridgehead atoms. The Morgan fingerprint density at radius 1 is 1.48 bits per heavy atom. The number of aliphatic hydroxyl groups is 1. The Balaban J connectivity index is 2.47. The fourth-order valence-electron chi connectivity index (χ4n) is 2.44. The smallest absolute Gasteiger partial charge is 0.331 e. The summed E-state index contributed by atoms with van der Waals surface area (Å²) < 4.78 is 17.6. The number of H-pyrrole nitrogens is 1. The molecule has 0 amide bonds. The average molecular weight is 355 g/mol. The van der Waals surface area contributed by atoms with Crippen molar-refractivity contribution in [2.75, 3.05) is 19.8 Å². The SMILES string of the molecule is CC(=O)OC1=C(CCO)O[C@@H](n2cc(C)c(=O)[nH]c2=O)C1OCCN. The van der Waals surface area contributed by atoms with Crippen LogP contribution >= 0.6 is 0 Å². The highest BCUT2D eigenvalue weighted by atomic mass is 16.6. The van der Waals surface area contributed by atoms with Gasteiger partial charge in [0.05, 0.1) is 13.2 Å². The number of nitrogens with one attached hydrogen (secondary N) is 1. The van der Waals surface area contributed by atoms with Crippen LogP contribution in [0.25, 0.3) is 0 Å². The fraction of sp³-hybridized carbons (Fsp3) is 0.533. The van der Waals surface area contributed by atoms with Crippen LogP contribution in [0.4, 0.5) is 0 Å². The van der Waals surface area contributed by atoms with Crippen molar-refractivity contribution < 1.29 is 24.1 Å². The van der Waals surface area contributed by atoms with Crippen molar-refractivity contribution in [3.8, 4) is 0 Å². The first kappa shape index (κ1) is 18.9. The van der Waals surface area contributed by atoms with E-state index in [-0.39, 0.29) is 37.7 Å². The van der Waals surface area contributed by atoms with Crippen LogP contribution in [0.2, 0.25) is 0 Å². The summed E-state index contributed by atoms with van der Waals surface area (Å²) in [4.78, 5) is 37.3. The number of ether oxygens (including phenoxy) is 3. The van der Waals surface area contributed by atoms with Gasteiger partial charge in [0.25, 0.3) is 5.56 Å². The average Bonchev–Trinajstić information content (AvgIpc) is 2.86. The molecular weight excluding hydrogens is 334 g/mol. The zero-order valence-electron chi connectivity index (χ0n) is 14.0. The van der Waals surface area contributed by atoms with E-state index in [1.807, 2.05) is 0 Å². The van der Waals surface area contributed by atoms with Gasteiger partial charge in [-0.05, 0) is 6.92 Å². The number of esters is 1. The lowest BCUT2D eigenvalue weighted by Crippen LogP contribution is -2.38. The van der Waals surface area contributed by atoms with Gasteiger partial charge in [0.1, 0.15) is 5.76 Å². The topological polar surface area (TPSA) is 146 Å². The molecule has 0 spiro atoms. The Labute approximate surface area is 142 Å². The fourth-order valence-corrected chi connectivity index (χ4v) is 2.44. The van der Waals surface area contributed by atoms with Crippen molar-refractivity contribution in [2.24, 2.45) is 5.73 Å². The number of carbonyl (C=O) groups is 1. The van der Waals surface area contributed by atoms with Crippen LogP contribution in [0.5, 0.6) is 0 Å². The van der Waals surface area contributed by atoms with Crippen molar-refractivity contribution in [3.63, 3.8) is 0 Å². The molecule has 0 saturated heterocycles. The summed E-state index contributed by atoms with van der Waals surface area (Å²) in [5, 5.41) is 9.20. The van der Waals surface area contributed by atoms with Crippen molar-refractivity contribution in [3.05, 3.63) is 44.1 Å². The summed E-state index contributed by atoms with van der Waals surface area (Å²) in [6.45, 7) is 2.82. The third kappa shape index (κ3) is 4.16. The van der Waals surface area contributed by atoms with Crippen LogP contribution in [0.15, 0.2) is 27.3 Å². The van der Waals surface area contributed by atoms with Gasteiger partial charge in [-0.2, -0.15) is 0 Å². The van der Waals surface area contributed by atoms with Gasteiger partial charge < -0.3 is 25.1 Å². The van der Waals surface area contributed by atoms with Crippen LogP contribution in [-0.4, -0.2) is 46.5 Å². The highest BCUT2D eigenvalue weighted by molar-refractivity contribution is 5.67. The molecular formula is C15H21N3O7. The summed E-state index contributed by atoms with van der Waals surface area (Å²) in [6.07, 6.45) is -0.543. The van der Waals surface area contributed by atoms with Crippen molar-refractivity contribution in [1.82, 2.24) is 9.55 Å². The quantitative estimate of drug-likeness (QED) is 0.521. The highest BCUT2D eigenvalue weighted by Crippen LogP contribution is 2.36. The van der Waals surface area contributed by atoms with E-state index in [1.165, 1.54) is 20.0 Å². The molecule has 10 nitrogen and oxygen atoms in total. The number of hydrogen-bond donors (Lipinski definition) is 3. The number of aliphatic hydroxyl groups excluding tert-OH is 1. The summed E-state index contributed by atoms with van der Waals surface area (Å²) in [5.41, 5.74) is 4.54. The number of carbonyl (C=O) groups excluding carboxylic acids is 1. The molecule has 2 rings (SSSR count). The van der Waals surface area contributed by atoms with Gasteiger partial charge in [0.15, 0.2) is 11.9 Å². The van der Waals surface area contributed by atoms with Gasteiger partial charge in [-0.25, -0.2) is 4.79 Å². The largest absolute Gasteiger partial charge is 0.467 e. The molecule has 0 fully saturated rings. The number of hydrogen-bond acceptors (Lipinski definition) is 8. The minimum absolute atomic E-state index is 0.0681. The van der Waals surface area contributed by atoms with Gasteiger partial charge in [0, 0.05) is 31.6 Å². The van der Waals surface area contributed by atoms with Crippen LogP contribution < -0.4 is 17.0 Å². The standard InChI is InChI=1S/C15H21N3O7/c1-8-7-18(15(22)17-13(8)21)14-12(23-6-4-16)11(24-9(2)20)10(25-14)3-5-19/h7,12,14,19H,3-6,16H2,1-2H3,(H,17,21,22)/t12?,14-/m1/s1. The second kappa shape index (κ2) is 8.10. The lowest BCUT2D eigenvalue weighted by atomic mass is 10.2. The monoisotopic (exact) mass is 355 g/mol. The van der Waals surface area contributed by atoms with Crippen molar-refractivity contribution >= 4 is 5.97 Å². The molecule has 0 radical (unpaired) electrons. The van der Waals surface area contributed by atoms with E-state index < -0.39 is 29.6 Å². The lowest BCUT2D eigenvalue weighted by molar-refractivity contribution is -0.139. The number of aromatic nitrogens is 2. The lowest BCUT2D eigenvalue weighted by Gasteiger charge is -2.22. The van der Waals surface area contributed by atoms with Crippen molar-refractivity contribution in [2.45, 2.75) is 32.6 Å². The Hall–Kier alpha value is -2.43. The predicted octanol–water partition coefficient (Wildman–Crippen LogP) is -1.13. The molecule has 0 aromatic carbocycles. The Morgan fingerprint density at radius 3 is 2.80 bits per heavy atom. The van der Waals surface area contributed by atoms with E-state index in [1.54, 1.807) is 0 Å². The molecule has 2 heterocycles. The molecule has 2 atom stereocenters. The predicted molar refractivity (Wildman–Crippen MR) is 85.5 cm³/mol. The van der Waals surface area contributed by atoms with E-state index in [9.17, 15) is 19.5 Å². The number of nitrogens with two attached hydrogens (primary N) is 1. The molecule has 10 heteroatoms. The van der Waals surface area contributed by atoms with Gasteiger partial charge in [0.2, 0.25) is 6.23 Å². The second-order valence-corrected chi connectivity index (χ2v) is 5.42. The summed E-state index contributed by atoms with van der Waals surface area (Å²) in [6, 6.07) is 0. The zero-order valence-corrected chi connectivity index (χ0v) is 14.0. The molecule has 4 N–H and O–H groups in total. The number of aromatic amines is 1. The maximum atomic E-state index is 12.2. The van der Waals surface area contributed by atoms with E-state index in [0.717, 1.165) is 4.57 Å². The first-order chi connectivity index (χ1) is 11.9. The first-order valence-electron chi connectivity index (χ1n) is 7.71. The Morgan fingerprint density at radius 2 is 2.20 bits per heavy atom. The normalized spacial score (nSPS) is 19.8. The summed E-state index contributed by atoms with van der Waals surface area (Å²) in [5.74, 6) is -0.322. The molecule has 1 unspecified atom stereocenters. The van der Waals surface area contributed by atoms with Crippen LogP contribution in [0, 0.1) is 6.92 Å². The zero-order chi connectivity index (χ0) is 18.6. The second-order valence-electron chi connectivity index (χ2n) is 5.42. The Kier molecular flexibility index (Phi) is 6.12. The molecule has 1 aromatic heterocycles. The summed E-state index contributed by atoms with van der Waals surface area (Å²) >= 11 is 0. The Bertz CT molecular complexity index is 780. The van der Waals surface area contributed by atoms with Gasteiger partial charge in [-0.3, -0.25) is 19.1 Å².